The number of anilines is 1. The predicted molar refractivity (Wildman–Crippen MR) is 112 cm³/mol. The van der Waals surface area contributed by atoms with Crippen LogP contribution in [0.4, 0.5) is 10.5 Å². The highest BCUT2D eigenvalue weighted by Crippen LogP contribution is 2.41. The molecule has 2 aliphatic rings. The Bertz CT molecular complexity index is 674. The van der Waals surface area contributed by atoms with Gasteiger partial charge < -0.3 is 20.1 Å². The van der Waals surface area contributed by atoms with Gasteiger partial charge in [0.25, 0.3) is 0 Å². The summed E-state index contributed by atoms with van der Waals surface area (Å²) in [5.41, 5.74) is 3.45. The molecule has 3 rings (SSSR count). The Morgan fingerprint density at radius 1 is 1.44 bits per heavy atom. The topological polar surface area (TPSA) is 61.8 Å². The van der Waals surface area contributed by atoms with E-state index in [2.05, 4.69) is 28.4 Å². The van der Waals surface area contributed by atoms with Gasteiger partial charge in [-0.15, -0.1) is 0 Å². The van der Waals surface area contributed by atoms with Crippen LogP contribution in [0.15, 0.2) is 18.2 Å². The van der Waals surface area contributed by atoms with Crippen LogP contribution in [0.5, 0.6) is 0 Å². The zero-order chi connectivity index (χ0) is 19.6. The van der Waals surface area contributed by atoms with Gasteiger partial charge in [-0.3, -0.25) is 0 Å². The third-order valence-electron chi connectivity index (χ3n) is 4.99. The number of nitrogens with one attached hydrogen (secondary N) is 1. The first-order valence-corrected chi connectivity index (χ1v) is 10.9. The smallest absolute Gasteiger partial charge is 0.407 e. The van der Waals surface area contributed by atoms with Crippen LogP contribution in [0.25, 0.3) is 0 Å². The summed E-state index contributed by atoms with van der Waals surface area (Å²) in [7, 11) is 0. The van der Waals surface area contributed by atoms with Crippen molar-refractivity contribution in [2.24, 2.45) is 0 Å². The first kappa shape index (κ1) is 20.3. The lowest BCUT2D eigenvalue weighted by Crippen LogP contribution is -2.43. The monoisotopic (exact) mass is 392 g/mol. The van der Waals surface area contributed by atoms with Crippen molar-refractivity contribution >= 4 is 23.5 Å². The molecule has 2 heterocycles. The van der Waals surface area contributed by atoms with Crippen molar-refractivity contribution in [2.75, 3.05) is 23.7 Å². The van der Waals surface area contributed by atoms with Gasteiger partial charge in [0.2, 0.25) is 0 Å². The number of carbonyl (C=O) groups excluding carboxylic acids is 1. The summed E-state index contributed by atoms with van der Waals surface area (Å²) in [5.74, 6) is 1.02. The average molecular weight is 393 g/mol. The third-order valence-corrected chi connectivity index (χ3v) is 6.32. The van der Waals surface area contributed by atoms with Crippen molar-refractivity contribution in [3.8, 4) is 0 Å². The largest absolute Gasteiger partial charge is 0.444 e. The van der Waals surface area contributed by atoms with E-state index in [1.807, 2.05) is 39.5 Å². The Balaban J connectivity index is 1.63. The van der Waals surface area contributed by atoms with Crippen LogP contribution in [0.3, 0.4) is 0 Å². The molecule has 3 unspecified atom stereocenters. The number of benzene rings is 1. The number of hydrogen-bond donors (Lipinski definition) is 2. The number of aliphatic hydroxyl groups is 1. The van der Waals surface area contributed by atoms with Crippen molar-refractivity contribution in [1.82, 2.24) is 5.32 Å². The molecule has 1 saturated heterocycles. The number of ether oxygens (including phenoxy) is 1. The second-order valence-corrected chi connectivity index (χ2v) is 9.98. The van der Waals surface area contributed by atoms with Crippen molar-refractivity contribution < 1.29 is 14.6 Å². The molecule has 6 heteroatoms. The zero-order valence-corrected chi connectivity index (χ0v) is 17.6. The maximum atomic E-state index is 12.0. The highest BCUT2D eigenvalue weighted by molar-refractivity contribution is 7.99. The van der Waals surface area contributed by atoms with Crippen LogP contribution in [0.2, 0.25) is 0 Å². The van der Waals surface area contributed by atoms with Gasteiger partial charge in [-0.1, -0.05) is 12.1 Å². The normalized spacial score (nSPS) is 23.7. The fraction of sp³-hybridized carbons (Fsp3) is 0.667. The molecule has 1 aromatic rings. The third kappa shape index (κ3) is 5.55. The molecular weight excluding hydrogens is 360 g/mol. The molecular formula is C21H32N2O3S. The number of amides is 1. The molecule has 27 heavy (non-hydrogen) atoms. The van der Waals surface area contributed by atoms with Crippen molar-refractivity contribution in [1.29, 1.82) is 0 Å². The molecule has 3 atom stereocenters. The molecule has 5 nitrogen and oxygen atoms in total. The van der Waals surface area contributed by atoms with Crippen LogP contribution in [-0.2, 0) is 11.2 Å². The highest BCUT2D eigenvalue weighted by atomic mass is 32.2. The van der Waals surface area contributed by atoms with E-state index in [0.29, 0.717) is 5.25 Å². The SMILES string of the molecule is CC(CN1CCc2ccc(C3CC(O)CCS3)cc21)NC(=O)OC(C)(C)C. The maximum Gasteiger partial charge on any atom is 0.407 e. The zero-order valence-electron chi connectivity index (χ0n) is 16.8. The van der Waals surface area contributed by atoms with Gasteiger partial charge in [0, 0.05) is 30.1 Å². The average Bonchev–Trinajstić information content (AvgIpc) is 2.95. The lowest BCUT2D eigenvalue weighted by molar-refractivity contribution is 0.0510. The minimum absolute atomic E-state index is 0.000309. The number of aliphatic hydroxyl groups excluding tert-OH is 1. The van der Waals surface area contributed by atoms with Gasteiger partial charge in [0.1, 0.15) is 5.60 Å². The molecule has 0 saturated carbocycles. The number of nitrogens with zero attached hydrogens (tertiary/aromatic N) is 1. The lowest BCUT2D eigenvalue weighted by Gasteiger charge is -2.28. The van der Waals surface area contributed by atoms with Gasteiger partial charge in [-0.25, -0.2) is 4.79 Å². The molecule has 0 aliphatic carbocycles. The summed E-state index contributed by atoms with van der Waals surface area (Å²) in [5, 5.41) is 13.3. The van der Waals surface area contributed by atoms with Gasteiger partial charge in [-0.05, 0) is 69.9 Å². The van der Waals surface area contributed by atoms with E-state index in [9.17, 15) is 9.90 Å². The molecule has 2 aliphatic heterocycles. The number of hydrogen-bond acceptors (Lipinski definition) is 5. The minimum Gasteiger partial charge on any atom is -0.444 e. The second kappa shape index (κ2) is 8.31. The summed E-state index contributed by atoms with van der Waals surface area (Å²) in [4.78, 5) is 14.4. The molecule has 1 aromatic carbocycles. The standard InChI is InChI=1S/C21H32N2O3S/c1-14(22-20(25)26-21(2,3)4)13-23-9-7-15-5-6-16(11-18(15)23)19-12-17(24)8-10-27-19/h5-6,11,14,17,19,24H,7-10,12-13H2,1-4H3,(H,22,25). The van der Waals surface area contributed by atoms with Crippen LogP contribution < -0.4 is 10.2 Å². The summed E-state index contributed by atoms with van der Waals surface area (Å²) < 4.78 is 5.36. The Hall–Kier alpha value is -1.40. The van der Waals surface area contributed by atoms with Crippen LogP contribution in [-0.4, -0.2) is 47.8 Å². The Labute approximate surface area is 166 Å². The molecule has 0 spiro atoms. The van der Waals surface area contributed by atoms with Gasteiger partial charge >= 0.3 is 6.09 Å². The lowest BCUT2D eigenvalue weighted by atomic mass is 10.0. The van der Waals surface area contributed by atoms with E-state index in [1.54, 1.807) is 0 Å². The Kier molecular flexibility index (Phi) is 6.26. The molecule has 0 aromatic heterocycles. The number of carbonyl (C=O) groups is 1. The molecule has 150 valence electrons. The van der Waals surface area contributed by atoms with E-state index in [4.69, 9.17) is 4.74 Å². The van der Waals surface area contributed by atoms with Crippen molar-refractivity contribution in [3.05, 3.63) is 29.3 Å². The molecule has 0 radical (unpaired) electrons. The number of fused-ring (bicyclic) bond motifs is 1. The van der Waals surface area contributed by atoms with E-state index < -0.39 is 5.60 Å². The van der Waals surface area contributed by atoms with Crippen LogP contribution in [0, 0.1) is 0 Å². The van der Waals surface area contributed by atoms with Crippen LogP contribution in [0.1, 0.15) is 56.9 Å². The van der Waals surface area contributed by atoms with E-state index in [-0.39, 0.29) is 18.2 Å². The van der Waals surface area contributed by atoms with E-state index >= 15 is 0 Å². The van der Waals surface area contributed by atoms with Crippen LogP contribution >= 0.6 is 11.8 Å². The Morgan fingerprint density at radius 2 is 2.22 bits per heavy atom. The fourth-order valence-electron chi connectivity index (χ4n) is 3.75. The minimum atomic E-state index is -0.485. The van der Waals surface area contributed by atoms with E-state index in [1.165, 1.54) is 16.8 Å². The summed E-state index contributed by atoms with van der Waals surface area (Å²) in [6.07, 6.45) is 2.22. The first-order valence-electron chi connectivity index (χ1n) is 9.88. The second-order valence-electron chi connectivity index (χ2n) is 8.67. The number of alkyl carbamates (subject to hydrolysis) is 1. The predicted octanol–water partition coefficient (Wildman–Crippen LogP) is 3.89. The molecule has 1 amide bonds. The summed E-state index contributed by atoms with van der Waals surface area (Å²) in [6.45, 7) is 9.36. The molecule has 0 bridgehead atoms. The number of thioether (sulfide) groups is 1. The summed E-state index contributed by atoms with van der Waals surface area (Å²) in [6, 6.07) is 6.75. The van der Waals surface area contributed by atoms with Crippen molar-refractivity contribution in [3.63, 3.8) is 0 Å². The summed E-state index contributed by atoms with van der Waals surface area (Å²) >= 11 is 1.94. The van der Waals surface area contributed by atoms with Gasteiger partial charge in [-0.2, -0.15) is 11.8 Å². The highest BCUT2D eigenvalue weighted by Gasteiger charge is 2.26. The quantitative estimate of drug-likeness (QED) is 0.814. The van der Waals surface area contributed by atoms with Gasteiger partial charge in [0.15, 0.2) is 0 Å². The molecule has 1 fully saturated rings. The van der Waals surface area contributed by atoms with E-state index in [0.717, 1.165) is 38.1 Å². The Morgan fingerprint density at radius 3 is 2.93 bits per heavy atom. The first-order chi connectivity index (χ1) is 12.7. The fourth-order valence-corrected chi connectivity index (χ4v) is 5.14. The van der Waals surface area contributed by atoms with Gasteiger partial charge in [0.05, 0.1) is 6.10 Å². The van der Waals surface area contributed by atoms with Crippen molar-refractivity contribution in [2.45, 2.75) is 70.0 Å². The number of rotatable bonds is 4. The maximum absolute atomic E-state index is 12.0. The molecule has 2 N–H and O–H groups in total.